The molecule has 148 valence electrons. The fraction of sp³-hybridized carbons (Fsp3) is 0.273. The zero-order valence-corrected chi connectivity index (χ0v) is 16.2. The molecule has 2 heterocycles. The molecule has 0 saturated carbocycles. The molecule has 0 aliphatic carbocycles. The Morgan fingerprint density at radius 2 is 1.93 bits per heavy atom. The van der Waals surface area contributed by atoms with Crippen LogP contribution in [0, 0.1) is 0 Å². The van der Waals surface area contributed by atoms with Gasteiger partial charge in [0.05, 0.1) is 5.52 Å². The molecular formula is C22H24BN3O3. The molecule has 0 atom stereocenters. The van der Waals surface area contributed by atoms with E-state index in [2.05, 4.69) is 23.2 Å². The molecule has 7 heteroatoms. The number of benzene rings is 2. The Labute approximate surface area is 170 Å². The fourth-order valence-electron chi connectivity index (χ4n) is 4.10. The van der Waals surface area contributed by atoms with Gasteiger partial charge in [0, 0.05) is 31.4 Å². The van der Waals surface area contributed by atoms with Gasteiger partial charge in [-0.15, -0.1) is 0 Å². The molecule has 1 aliphatic rings. The summed E-state index contributed by atoms with van der Waals surface area (Å²) in [5.74, 6) is 0.426. The second kappa shape index (κ2) is 8.33. The number of pyridine rings is 1. The Kier molecular flexibility index (Phi) is 5.62. The minimum atomic E-state index is -1.57. The molecule has 0 bridgehead atoms. The van der Waals surface area contributed by atoms with Crippen LogP contribution < -0.4 is 11.2 Å². The SMILES string of the molecule is NCc1cccc(C2CCN(C(=O)c3ccc4c(B(O)O)ccnc4c3)CC2)c1. The Morgan fingerprint density at radius 1 is 1.14 bits per heavy atom. The second-order valence-corrected chi connectivity index (χ2v) is 7.52. The number of hydrogen-bond donors (Lipinski definition) is 3. The van der Waals surface area contributed by atoms with Crippen molar-refractivity contribution in [3.63, 3.8) is 0 Å². The highest BCUT2D eigenvalue weighted by molar-refractivity contribution is 6.61. The Balaban J connectivity index is 1.48. The van der Waals surface area contributed by atoms with Crippen molar-refractivity contribution in [1.29, 1.82) is 0 Å². The molecule has 4 N–H and O–H groups in total. The first-order valence-electron chi connectivity index (χ1n) is 9.90. The highest BCUT2D eigenvalue weighted by Gasteiger charge is 2.25. The van der Waals surface area contributed by atoms with Crippen LogP contribution in [0.4, 0.5) is 0 Å². The average Bonchev–Trinajstić information content (AvgIpc) is 2.77. The Bertz CT molecular complexity index is 1030. The number of likely N-dealkylation sites (tertiary alicyclic amines) is 1. The van der Waals surface area contributed by atoms with Crippen molar-refractivity contribution in [1.82, 2.24) is 9.88 Å². The van der Waals surface area contributed by atoms with Gasteiger partial charge < -0.3 is 20.7 Å². The maximum atomic E-state index is 13.0. The molecule has 1 amide bonds. The number of aromatic nitrogens is 1. The molecule has 29 heavy (non-hydrogen) atoms. The molecule has 0 spiro atoms. The van der Waals surface area contributed by atoms with Crippen molar-refractivity contribution < 1.29 is 14.8 Å². The van der Waals surface area contributed by atoms with Gasteiger partial charge in [0.1, 0.15) is 0 Å². The lowest BCUT2D eigenvalue weighted by atomic mass is 9.78. The normalized spacial score (nSPS) is 14.9. The molecule has 4 rings (SSSR count). The van der Waals surface area contributed by atoms with Crippen LogP contribution in [0.3, 0.4) is 0 Å². The number of carbonyl (C=O) groups excluding carboxylic acids is 1. The van der Waals surface area contributed by atoms with Crippen molar-refractivity contribution in [3.05, 3.63) is 71.4 Å². The number of hydrogen-bond acceptors (Lipinski definition) is 5. The minimum absolute atomic E-state index is 0.0159. The van der Waals surface area contributed by atoms with E-state index in [1.807, 2.05) is 11.0 Å². The van der Waals surface area contributed by atoms with Crippen molar-refractivity contribution >= 4 is 29.4 Å². The van der Waals surface area contributed by atoms with E-state index >= 15 is 0 Å². The van der Waals surface area contributed by atoms with Crippen LogP contribution in [0.25, 0.3) is 10.9 Å². The predicted molar refractivity (Wildman–Crippen MR) is 114 cm³/mol. The maximum Gasteiger partial charge on any atom is 0.489 e. The zero-order valence-electron chi connectivity index (χ0n) is 16.2. The summed E-state index contributed by atoms with van der Waals surface area (Å²) >= 11 is 0. The molecular weight excluding hydrogens is 365 g/mol. The highest BCUT2D eigenvalue weighted by Crippen LogP contribution is 2.29. The topological polar surface area (TPSA) is 99.7 Å². The lowest BCUT2D eigenvalue weighted by Crippen LogP contribution is -2.38. The Hall–Kier alpha value is -2.74. The van der Waals surface area contributed by atoms with E-state index in [9.17, 15) is 14.8 Å². The van der Waals surface area contributed by atoms with Gasteiger partial charge in [-0.2, -0.15) is 0 Å². The van der Waals surface area contributed by atoms with Gasteiger partial charge in [0.15, 0.2) is 0 Å². The lowest BCUT2D eigenvalue weighted by Gasteiger charge is -2.32. The number of amides is 1. The monoisotopic (exact) mass is 389 g/mol. The summed E-state index contributed by atoms with van der Waals surface area (Å²) in [4.78, 5) is 19.2. The number of rotatable bonds is 4. The van der Waals surface area contributed by atoms with Crippen LogP contribution in [0.15, 0.2) is 54.7 Å². The van der Waals surface area contributed by atoms with E-state index in [1.165, 1.54) is 11.8 Å². The first-order chi connectivity index (χ1) is 14.1. The van der Waals surface area contributed by atoms with Gasteiger partial charge in [-0.1, -0.05) is 30.3 Å². The number of carbonyl (C=O) groups is 1. The number of nitrogens with zero attached hydrogens (tertiary/aromatic N) is 2. The van der Waals surface area contributed by atoms with E-state index in [4.69, 9.17) is 5.73 Å². The molecule has 1 saturated heterocycles. The van der Waals surface area contributed by atoms with Crippen LogP contribution in [0.5, 0.6) is 0 Å². The maximum absolute atomic E-state index is 13.0. The Morgan fingerprint density at radius 3 is 2.66 bits per heavy atom. The van der Waals surface area contributed by atoms with Crippen LogP contribution in [-0.2, 0) is 6.54 Å². The molecule has 1 fully saturated rings. The third kappa shape index (κ3) is 4.03. The van der Waals surface area contributed by atoms with Crippen molar-refractivity contribution in [2.45, 2.75) is 25.3 Å². The van der Waals surface area contributed by atoms with Crippen LogP contribution in [0.1, 0.15) is 40.2 Å². The first kappa shape index (κ1) is 19.6. The quantitative estimate of drug-likeness (QED) is 0.586. The number of fused-ring (bicyclic) bond motifs is 1. The summed E-state index contributed by atoms with van der Waals surface area (Å²) in [6, 6.07) is 15.2. The van der Waals surface area contributed by atoms with Gasteiger partial charge >= 0.3 is 7.12 Å². The van der Waals surface area contributed by atoms with Crippen molar-refractivity contribution in [3.8, 4) is 0 Å². The fourth-order valence-corrected chi connectivity index (χ4v) is 4.10. The summed E-state index contributed by atoms with van der Waals surface area (Å²) in [5, 5.41) is 19.6. The van der Waals surface area contributed by atoms with Crippen molar-refractivity contribution in [2.24, 2.45) is 5.73 Å². The van der Waals surface area contributed by atoms with Gasteiger partial charge in [0.2, 0.25) is 0 Å². The smallest absolute Gasteiger partial charge is 0.423 e. The van der Waals surface area contributed by atoms with Gasteiger partial charge in [-0.05, 0) is 58.9 Å². The first-order valence-corrected chi connectivity index (χ1v) is 9.90. The van der Waals surface area contributed by atoms with E-state index in [-0.39, 0.29) is 5.91 Å². The van der Waals surface area contributed by atoms with Crippen LogP contribution in [-0.4, -0.2) is 46.0 Å². The standard InChI is InChI=1S/C22H24BN3O3/c24-14-15-2-1-3-17(12-15)16-7-10-26(11-8-16)22(27)18-4-5-19-20(23(28)29)6-9-25-21(19)13-18/h1-6,9,12-13,16,28-29H,7-8,10-11,14,24H2. The molecule has 0 unspecified atom stereocenters. The third-order valence-corrected chi connectivity index (χ3v) is 5.74. The summed E-state index contributed by atoms with van der Waals surface area (Å²) in [5.41, 5.74) is 9.72. The van der Waals surface area contributed by atoms with Crippen LogP contribution >= 0.6 is 0 Å². The summed E-state index contributed by atoms with van der Waals surface area (Å²) < 4.78 is 0. The molecule has 1 aliphatic heterocycles. The molecule has 1 aromatic heterocycles. The summed E-state index contributed by atoms with van der Waals surface area (Å²) in [7, 11) is -1.57. The highest BCUT2D eigenvalue weighted by atomic mass is 16.4. The van der Waals surface area contributed by atoms with Gasteiger partial charge in [0.25, 0.3) is 5.91 Å². The van der Waals surface area contributed by atoms with E-state index < -0.39 is 7.12 Å². The average molecular weight is 389 g/mol. The minimum Gasteiger partial charge on any atom is -0.423 e. The second-order valence-electron chi connectivity index (χ2n) is 7.52. The molecule has 2 aromatic carbocycles. The molecule has 6 nitrogen and oxygen atoms in total. The summed E-state index contributed by atoms with van der Waals surface area (Å²) in [6.45, 7) is 1.95. The van der Waals surface area contributed by atoms with Gasteiger partial charge in [-0.3, -0.25) is 9.78 Å². The lowest BCUT2D eigenvalue weighted by molar-refractivity contribution is 0.0713. The third-order valence-electron chi connectivity index (χ3n) is 5.74. The van der Waals surface area contributed by atoms with E-state index in [1.54, 1.807) is 24.3 Å². The van der Waals surface area contributed by atoms with E-state index in [0.29, 0.717) is 47.5 Å². The molecule has 0 radical (unpaired) electrons. The molecule has 3 aromatic rings. The van der Waals surface area contributed by atoms with E-state index in [0.717, 1.165) is 18.4 Å². The number of nitrogens with two attached hydrogens (primary N) is 1. The largest absolute Gasteiger partial charge is 0.489 e. The van der Waals surface area contributed by atoms with Gasteiger partial charge in [-0.25, -0.2) is 0 Å². The predicted octanol–water partition coefficient (Wildman–Crippen LogP) is 1.39. The zero-order chi connectivity index (χ0) is 20.4. The summed E-state index contributed by atoms with van der Waals surface area (Å²) in [6.07, 6.45) is 3.37. The number of piperidine rings is 1. The van der Waals surface area contributed by atoms with Crippen LogP contribution in [0.2, 0.25) is 0 Å². The van der Waals surface area contributed by atoms with Crippen molar-refractivity contribution in [2.75, 3.05) is 13.1 Å².